The van der Waals surface area contributed by atoms with Crippen LogP contribution in [0.2, 0.25) is 0 Å². The van der Waals surface area contributed by atoms with Gasteiger partial charge in [0.05, 0.1) is 23.6 Å². The Balaban J connectivity index is 1.88. The van der Waals surface area contributed by atoms with Crippen LogP contribution in [0.25, 0.3) is 5.52 Å². The van der Waals surface area contributed by atoms with Crippen LogP contribution < -0.4 is 0 Å². The quantitative estimate of drug-likeness (QED) is 0.790. The average molecular weight is 296 g/mol. The Morgan fingerprint density at radius 2 is 1.90 bits per heavy atom. The van der Waals surface area contributed by atoms with Gasteiger partial charge < -0.3 is 4.40 Å². The van der Waals surface area contributed by atoms with Crippen molar-refractivity contribution >= 4 is 5.52 Å². The molecule has 2 nitrogen and oxygen atoms in total. The van der Waals surface area contributed by atoms with E-state index < -0.39 is 11.7 Å². The second-order valence-corrected chi connectivity index (χ2v) is 5.92. The van der Waals surface area contributed by atoms with E-state index in [0.29, 0.717) is 18.0 Å². The lowest BCUT2D eigenvalue weighted by Crippen LogP contribution is -2.15. The lowest BCUT2D eigenvalue weighted by Gasteiger charge is -2.22. The van der Waals surface area contributed by atoms with E-state index in [1.54, 1.807) is 10.6 Å². The maximum absolute atomic E-state index is 13.2. The van der Waals surface area contributed by atoms with Gasteiger partial charge in [0, 0.05) is 5.69 Å². The summed E-state index contributed by atoms with van der Waals surface area (Å²) < 4.78 is 41.2. The number of alkyl halides is 3. The molecule has 0 spiro atoms. The first-order chi connectivity index (χ1) is 10.1. The standard InChI is InChI=1S/C16H19F3N2/c17-16(18,19)14-8-7-13-10-20-11-21(13)15(14)9-6-12-4-2-1-3-5-12/h7-8,10-12H,1-6,9H2. The van der Waals surface area contributed by atoms with Gasteiger partial charge in [0.15, 0.2) is 0 Å². The van der Waals surface area contributed by atoms with Crippen molar-refractivity contribution in [3.63, 3.8) is 0 Å². The van der Waals surface area contributed by atoms with E-state index in [1.165, 1.54) is 37.7 Å². The van der Waals surface area contributed by atoms with E-state index in [0.717, 1.165) is 24.8 Å². The van der Waals surface area contributed by atoms with E-state index in [4.69, 9.17) is 0 Å². The van der Waals surface area contributed by atoms with Crippen LogP contribution in [-0.4, -0.2) is 9.38 Å². The summed E-state index contributed by atoms with van der Waals surface area (Å²) >= 11 is 0. The third kappa shape index (κ3) is 3.06. The Bertz CT molecular complexity index is 609. The highest BCUT2D eigenvalue weighted by Gasteiger charge is 2.34. The predicted molar refractivity (Wildman–Crippen MR) is 75.1 cm³/mol. The molecule has 0 bridgehead atoms. The van der Waals surface area contributed by atoms with Crippen molar-refractivity contribution in [2.24, 2.45) is 5.92 Å². The molecule has 1 saturated carbocycles. The lowest BCUT2D eigenvalue weighted by molar-refractivity contribution is -0.138. The molecule has 0 aromatic carbocycles. The second-order valence-electron chi connectivity index (χ2n) is 5.92. The number of aryl methyl sites for hydroxylation is 1. The molecule has 2 aromatic rings. The number of halogens is 3. The fourth-order valence-corrected chi connectivity index (χ4v) is 3.38. The summed E-state index contributed by atoms with van der Waals surface area (Å²) in [5.74, 6) is 0.568. The van der Waals surface area contributed by atoms with Gasteiger partial charge in [-0.3, -0.25) is 0 Å². The molecule has 2 heterocycles. The molecule has 0 amide bonds. The van der Waals surface area contributed by atoms with Crippen molar-refractivity contribution in [3.05, 3.63) is 35.9 Å². The zero-order chi connectivity index (χ0) is 14.9. The Morgan fingerprint density at radius 3 is 2.62 bits per heavy atom. The Hall–Kier alpha value is -1.52. The number of aromatic nitrogens is 2. The molecular formula is C16H19F3N2. The average Bonchev–Trinajstić information content (AvgIpc) is 2.93. The fraction of sp³-hybridized carbons (Fsp3) is 0.562. The molecule has 1 aliphatic rings. The Morgan fingerprint density at radius 1 is 1.14 bits per heavy atom. The third-order valence-corrected chi connectivity index (χ3v) is 4.51. The highest BCUT2D eigenvalue weighted by molar-refractivity contribution is 5.48. The largest absolute Gasteiger partial charge is 0.418 e. The zero-order valence-electron chi connectivity index (χ0n) is 11.9. The van der Waals surface area contributed by atoms with Crippen LogP contribution in [0.1, 0.15) is 49.8 Å². The van der Waals surface area contributed by atoms with Gasteiger partial charge in [-0.05, 0) is 30.9 Å². The number of nitrogens with zero attached hydrogens (tertiary/aromatic N) is 2. The summed E-state index contributed by atoms with van der Waals surface area (Å²) in [4.78, 5) is 3.98. The maximum atomic E-state index is 13.2. The highest BCUT2D eigenvalue weighted by Crippen LogP contribution is 2.34. The molecule has 0 N–H and O–H groups in total. The molecule has 2 aromatic heterocycles. The molecule has 0 aliphatic heterocycles. The van der Waals surface area contributed by atoms with Crippen LogP contribution in [0.15, 0.2) is 24.7 Å². The first kappa shape index (κ1) is 14.4. The fourth-order valence-electron chi connectivity index (χ4n) is 3.38. The van der Waals surface area contributed by atoms with Crippen molar-refractivity contribution in [2.45, 2.75) is 51.1 Å². The summed E-state index contributed by atoms with van der Waals surface area (Å²) in [6, 6.07) is 2.67. The van der Waals surface area contributed by atoms with Gasteiger partial charge in [-0.2, -0.15) is 13.2 Å². The molecular weight excluding hydrogens is 277 g/mol. The molecule has 0 saturated heterocycles. The van der Waals surface area contributed by atoms with Crippen LogP contribution in [-0.2, 0) is 12.6 Å². The van der Waals surface area contributed by atoms with Gasteiger partial charge in [0.2, 0.25) is 0 Å². The molecule has 21 heavy (non-hydrogen) atoms. The van der Waals surface area contributed by atoms with Gasteiger partial charge in [0.1, 0.15) is 0 Å². The summed E-state index contributed by atoms with van der Waals surface area (Å²) in [6.07, 6.45) is 6.08. The summed E-state index contributed by atoms with van der Waals surface area (Å²) in [5.41, 5.74) is 0.550. The molecule has 0 radical (unpaired) electrons. The normalized spacial score (nSPS) is 17.5. The van der Waals surface area contributed by atoms with E-state index in [9.17, 15) is 13.2 Å². The molecule has 5 heteroatoms. The first-order valence-corrected chi connectivity index (χ1v) is 7.57. The SMILES string of the molecule is FC(F)(F)c1ccc2cncn2c1CCC1CCCCC1. The van der Waals surface area contributed by atoms with Gasteiger partial charge >= 0.3 is 6.18 Å². The number of hydrogen-bond donors (Lipinski definition) is 0. The molecule has 1 fully saturated rings. The predicted octanol–water partition coefficient (Wildman–Crippen LogP) is 4.87. The topological polar surface area (TPSA) is 17.3 Å². The van der Waals surface area contributed by atoms with E-state index in [1.807, 2.05) is 0 Å². The minimum Gasteiger partial charge on any atom is -0.303 e. The Kier molecular flexibility index (Phi) is 3.91. The van der Waals surface area contributed by atoms with Crippen LogP contribution >= 0.6 is 0 Å². The zero-order valence-corrected chi connectivity index (χ0v) is 11.9. The highest BCUT2D eigenvalue weighted by atomic mass is 19.4. The summed E-state index contributed by atoms with van der Waals surface area (Å²) in [7, 11) is 0. The number of hydrogen-bond acceptors (Lipinski definition) is 1. The van der Waals surface area contributed by atoms with Crippen LogP contribution in [0.5, 0.6) is 0 Å². The number of pyridine rings is 1. The van der Waals surface area contributed by atoms with Crippen LogP contribution in [0.3, 0.4) is 0 Å². The van der Waals surface area contributed by atoms with Gasteiger partial charge in [0.25, 0.3) is 0 Å². The van der Waals surface area contributed by atoms with E-state index in [-0.39, 0.29) is 0 Å². The van der Waals surface area contributed by atoms with Crippen LogP contribution in [0, 0.1) is 5.92 Å². The number of rotatable bonds is 3. The van der Waals surface area contributed by atoms with Gasteiger partial charge in [-0.15, -0.1) is 0 Å². The van der Waals surface area contributed by atoms with Gasteiger partial charge in [-0.25, -0.2) is 4.98 Å². The van der Waals surface area contributed by atoms with Gasteiger partial charge in [-0.1, -0.05) is 32.1 Å². The summed E-state index contributed by atoms with van der Waals surface area (Å²) in [5, 5.41) is 0. The van der Waals surface area contributed by atoms with Crippen molar-refractivity contribution in [1.29, 1.82) is 0 Å². The monoisotopic (exact) mass is 296 g/mol. The number of fused-ring (bicyclic) bond motifs is 1. The molecule has 3 rings (SSSR count). The van der Waals surface area contributed by atoms with E-state index >= 15 is 0 Å². The minimum absolute atomic E-state index is 0.350. The van der Waals surface area contributed by atoms with E-state index in [2.05, 4.69) is 4.98 Å². The maximum Gasteiger partial charge on any atom is 0.418 e. The van der Waals surface area contributed by atoms with Crippen molar-refractivity contribution in [3.8, 4) is 0 Å². The second kappa shape index (κ2) is 5.70. The molecule has 1 aliphatic carbocycles. The molecule has 0 atom stereocenters. The smallest absolute Gasteiger partial charge is 0.303 e. The first-order valence-electron chi connectivity index (χ1n) is 7.57. The minimum atomic E-state index is -4.31. The number of imidazole rings is 1. The Labute approximate surface area is 122 Å². The third-order valence-electron chi connectivity index (χ3n) is 4.51. The van der Waals surface area contributed by atoms with Crippen molar-refractivity contribution < 1.29 is 13.2 Å². The van der Waals surface area contributed by atoms with Crippen LogP contribution in [0.4, 0.5) is 13.2 Å². The lowest BCUT2D eigenvalue weighted by atomic mass is 9.85. The molecule has 0 unspecified atom stereocenters. The van der Waals surface area contributed by atoms with Crippen molar-refractivity contribution in [2.75, 3.05) is 0 Å². The molecule has 114 valence electrons. The summed E-state index contributed by atoms with van der Waals surface area (Å²) in [6.45, 7) is 0. The van der Waals surface area contributed by atoms with Crippen molar-refractivity contribution in [1.82, 2.24) is 9.38 Å².